The molecule has 0 spiro atoms. The van der Waals surface area contributed by atoms with Gasteiger partial charge in [-0.25, -0.2) is 17.2 Å². The third-order valence-corrected chi connectivity index (χ3v) is 7.75. The van der Waals surface area contributed by atoms with Crippen molar-refractivity contribution in [2.75, 3.05) is 19.5 Å². The zero-order chi connectivity index (χ0) is 26.0. The minimum absolute atomic E-state index is 0.107. The van der Waals surface area contributed by atoms with E-state index in [4.69, 9.17) is 9.47 Å². The third-order valence-electron chi connectivity index (χ3n) is 5.99. The highest BCUT2D eigenvalue weighted by Crippen LogP contribution is 2.35. The van der Waals surface area contributed by atoms with Crippen LogP contribution in [0, 0.1) is 6.92 Å². The first-order valence-corrected chi connectivity index (χ1v) is 12.6. The number of anilines is 1. The highest BCUT2D eigenvalue weighted by molar-refractivity contribution is 7.90. The number of rotatable bonds is 7. The molecule has 1 aromatic heterocycles. The summed E-state index contributed by atoms with van der Waals surface area (Å²) in [5.41, 5.74) is 2.91. The minimum atomic E-state index is -3.96. The molecule has 0 atom stereocenters. The van der Waals surface area contributed by atoms with Gasteiger partial charge in [0.05, 0.1) is 24.6 Å². The van der Waals surface area contributed by atoms with Crippen LogP contribution in [0.5, 0.6) is 5.75 Å². The van der Waals surface area contributed by atoms with Gasteiger partial charge in [0.15, 0.2) is 0 Å². The summed E-state index contributed by atoms with van der Waals surface area (Å²) in [5, 5.41) is 3.55. The van der Waals surface area contributed by atoms with Gasteiger partial charge in [-0.1, -0.05) is 36.4 Å². The van der Waals surface area contributed by atoms with Gasteiger partial charge in [-0.2, -0.15) is 0 Å². The second-order valence-corrected chi connectivity index (χ2v) is 10.0. The molecule has 0 radical (unpaired) electrons. The van der Waals surface area contributed by atoms with Crippen molar-refractivity contribution in [3.8, 4) is 5.75 Å². The van der Waals surface area contributed by atoms with Crippen LogP contribution in [-0.4, -0.2) is 38.5 Å². The standard InChI is InChI=1S/C27H26N2O6S/c1-17-21-12-8-9-13-24(21)29(36(32,33)20-10-6-5-7-11-20)25(17)15-19-14-22(27(31)35-4)26(34-3)16-23(19)28-18(2)30/h5-14,16H,15H2,1-4H3,(H,28,30). The number of nitrogens with zero attached hydrogens (tertiary/aromatic N) is 1. The number of esters is 1. The van der Waals surface area contributed by atoms with Gasteiger partial charge in [0.2, 0.25) is 5.91 Å². The van der Waals surface area contributed by atoms with Crippen molar-refractivity contribution in [1.29, 1.82) is 0 Å². The summed E-state index contributed by atoms with van der Waals surface area (Å²) < 4.78 is 39.3. The first-order chi connectivity index (χ1) is 17.2. The maximum Gasteiger partial charge on any atom is 0.341 e. The summed E-state index contributed by atoms with van der Waals surface area (Å²) in [6.45, 7) is 3.23. The Bertz CT molecular complexity index is 1570. The number of fused-ring (bicyclic) bond motifs is 1. The molecule has 0 unspecified atom stereocenters. The molecule has 9 heteroatoms. The van der Waals surface area contributed by atoms with E-state index >= 15 is 0 Å². The fraction of sp³-hybridized carbons (Fsp3) is 0.185. The number of benzene rings is 3. The molecule has 1 N–H and O–H groups in total. The summed E-state index contributed by atoms with van der Waals surface area (Å²) in [6, 6.07) is 18.6. The molecule has 1 heterocycles. The third kappa shape index (κ3) is 4.45. The Balaban J connectivity index is 2.00. The monoisotopic (exact) mass is 506 g/mol. The average molecular weight is 507 g/mol. The van der Waals surface area contributed by atoms with Crippen molar-refractivity contribution in [1.82, 2.24) is 3.97 Å². The zero-order valence-electron chi connectivity index (χ0n) is 20.4. The van der Waals surface area contributed by atoms with Gasteiger partial charge in [-0.05, 0) is 42.3 Å². The van der Waals surface area contributed by atoms with Crippen LogP contribution in [-0.2, 0) is 26.0 Å². The fourth-order valence-electron chi connectivity index (χ4n) is 4.29. The van der Waals surface area contributed by atoms with Crippen molar-refractivity contribution < 1.29 is 27.5 Å². The first-order valence-electron chi connectivity index (χ1n) is 11.2. The number of para-hydroxylation sites is 1. The molecule has 8 nitrogen and oxygen atoms in total. The maximum atomic E-state index is 13.9. The Morgan fingerprint density at radius 3 is 2.28 bits per heavy atom. The zero-order valence-corrected chi connectivity index (χ0v) is 21.2. The van der Waals surface area contributed by atoms with Gasteiger partial charge in [-0.15, -0.1) is 0 Å². The predicted octanol–water partition coefficient (Wildman–Crippen LogP) is 4.53. The highest BCUT2D eigenvalue weighted by atomic mass is 32.2. The number of methoxy groups -OCH3 is 2. The van der Waals surface area contributed by atoms with Crippen LogP contribution in [0.25, 0.3) is 10.9 Å². The van der Waals surface area contributed by atoms with Crippen LogP contribution in [0.3, 0.4) is 0 Å². The molecule has 0 saturated carbocycles. The minimum Gasteiger partial charge on any atom is -0.496 e. The number of carbonyl (C=O) groups excluding carboxylic acids is 2. The van der Waals surface area contributed by atoms with Gasteiger partial charge in [-0.3, -0.25) is 4.79 Å². The Morgan fingerprint density at radius 1 is 0.972 bits per heavy atom. The number of ether oxygens (including phenoxy) is 2. The molecule has 1 amide bonds. The lowest BCUT2D eigenvalue weighted by Crippen LogP contribution is -2.17. The second-order valence-electron chi connectivity index (χ2n) is 8.23. The number of carbonyl (C=O) groups is 2. The molecule has 0 bridgehead atoms. The normalized spacial score (nSPS) is 11.3. The van der Waals surface area contributed by atoms with E-state index in [-0.39, 0.29) is 28.5 Å². The smallest absolute Gasteiger partial charge is 0.341 e. The number of hydrogen-bond donors (Lipinski definition) is 1. The number of nitrogens with one attached hydrogen (secondary N) is 1. The van der Waals surface area contributed by atoms with E-state index in [2.05, 4.69) is 5.32 Å². The Kier molecular flexibility index (Phi) is 6.85. The van der Waals surface area contributed by atoms with E-state index in [0.29, 0.717) is 22.5 Å². The van der Waals surface area contributed by atoms with E-state index in [0.717, 1.165) is 10.9 Å². The lowest BCUT2D eigenvalue weighted by Gasteiger charge is -2.17. The van der Waals surface area contributed by atoms with Crippen LogP contribution < -0.4 is 10.1 Å². The molecule has 0 saturated heterocycles. The van der Waals surface area contributed by atoms with E-state index < -0.39 is 16.0 Å². The molecule has 0 aliphatic heterocycles. The lowest BCUT2D eigenvalue weighted by atomic mass is 10.0. The maximum absolute atomic E-state index is 13.9. The van der Waals surface area contributed by atoms with Gasteiger partial charge in [0, 0.05) is 36.2 Å². The molecule has 186 valence electrons. The highest BCUT2D eigenvalue weighted by Gasteiger charge is 2.27. The van der Waals surface area contributed by atoms with Gasteiger partial charge >= 0.3 is 5.97 Å². The van der Waals surface area contributed by atoms with Gasteiger partial charge in [0.25, 0.3) is 10.0 Å². The summed E-state index contributed by atoms with van der Waals surface area (Å²) in [6.07, 6.45) is 0.107. The summed E-state index contributed by atoms with van der Waals surface area (Å²) in [4.78, 5) is 24.6. The molecular weight excluding hydrogens is 480 g/mol. The second kappa shape index (κ2) is 9.87. The molecule has 0 aliphatic carbocycles. The van der Waals surface area contributed by atoms with Crippen LogP contribution >= 0.6 is 0 Å². The molecule has 4 rings (SSSR count). The Morgan fingerprint density at radius 2 is 1.64 bits per heavy atom. The van der Waals surface area contributed by atoms with E-state index in [1.807, 2.05) is 19.1 Å². The van der Waals surface area contributed by atoms with Crippen LogP contribution in [0.2, 0.25) is 0 Å². The molecule has 0 fully saturated rings. The van der Waals surface area contributed by atoms with E-state index in [9.17, 15) is 18.0 Å². The largest absolute Gasteiger partial charge is 0.496 e. The van der Waals surface area contributed by atoms with Crippen LogP contribution in [0.1, 0.15) is 34.1 Å². The molecule has 4 aromatic rings. The van der Waals surface area contributed by atoms with Crippen molar-refractivity contribution in [2.45, 2.75) is 25.2 Å². The topological polar surface area (TPSA) is 104 Å². The molecule has 0 aliphatic rings. The number of aromatic nitrogens is 1. The molecule has 36 heavy (non-hydrogen) atoms. The average Bonchev–Trinajstić information content (AvgIpc) is 3.16. The summed E-state index contributed by atoms with van der Waals surface area (Å²) in [7, 11) is -1.29. The lowest BCUT2D eigenvalue weighted by molar-refractivity contribution is -0.114. The van der Waals surface area contributed by atoms with Crippen molar-refractivity contribution in [3.63, 3.8) is 0 Å². The first kappa shape index (κ1) is 25.0. The molecule has 3 aromatic carbocycles. The SMILES string of the molecule is COC(=O)c1cc(Cc2c(C)c3ccccc3n2S(=O)(=O)c2ccccc2)c(NC(C)=O)cc1OC. The summed E-state index contributed by atoms with van der Waals surface area (Å²) in [5.74, 6) is -0.710. The quantitative estimate of drug-likeness (QED) is 0.370. The molecular formula is C27H26N2O6S. The van der Waals surface area contributed by atoms with E-state index in [1.165, 1.54) is 31.2 Å². The van der Waals surface area contributed by atoms with Crippen molar-refractivity contribution in [3.05, 3.63) is 89.1 Å². The Labute approximate surface area is 209 Å². The number of hydrogen-bond acceptors (Lipinski definition) is 6. The van der Waals surface area contributed by atoms with Gasteiger partial charge in [0.1, 0.15) is 11.3 Å². The van der Waals surface area contributed by atoms with Crippen molar-refractivity contribution >= 4 is 38.5 Å². The summed E-state index contributed by atoms with van der Waals surface area (Å²) >= 11 is 0. The van der Waals surface area contributed by atoms with Crippen LogP contribution in [0.4, 0.5) is 5.69 Å². The number of aryl methyl sites for hydroxylation is 1. The fourth-order valence-corrected chi connectivity index (χ4v) is 5.92. The van der Waals surface area contributed by atoms with Crippen LogP contribution in [0.15, 0.2) is 71.6 Å². The Hall–Kier alpha value is -4.11. The van der Waals surface area contributed by atoms with Gasteiger partial charge < -0.3 is 14.8 Å². The number of amides is 1. The predicted molar refractivity (Wildman–Crippen MR) is 137 cm³/mol. The van der Waals surface area contributed by atoms with E-state index in [1.54, 1.807) is 48.5 Å². The van der Waals surface area contributed by atoms with Crippen molar-refractivity contribution in [2.24, 2.45) is 0 Å².